The van der Waals surface area contributed by atoms with E-state index in [1.165, 1.54) is 6.20 Å². The van der Waals surface area contributed by atoms with Crippen LogP contribution in [-0.4, -0.2) is 10.9 Å². The van der Waals surface area contributed by atoms with E-state index in [0.29, 0.717) is 18.0 Å². The fourth-order valence-corrected chi connectivity index (χ4v) is 2.34. The maximum absolute atomic E-state index is 12.3. The van der Waals surface area contributed by atoms with Gasteiger partial charge in [0.25, 0.3) is 5.91 Å². The molecule has 0 aliphatic heterocycles. The average Bonchev–Trinajstić information content (AvgIpc) is 2.74. The van der Waals surface area contributed by atoms with Crippen molar-refractivity contribution in [2.24, 2.45) is 0 Å². The van der Waals surface area contributed by atoms with Crippen LogP contribution in [0.1, 0.15) is 5.69 Å². The molecule has 6 heteroatoms. The summed E-state index contributed by atoms with van der Waals surface area (Å²) in [4.78, 5) is 16.4. The molecule has 1 amide bonds. The van der Waals surface area contributed by atoms with Gasteiger partial charge in [-0.2, -0.15) is 5.26 Å². The number of carbonyl (C=O) groups excluding carboxylic acids is 1. The van der Waals surface area contributed by atoms with Crippen molar-refractivity contribution in [3.63, 3.8) is 0 Å². The van der Waals surface area contributed by atoms with Crippen LogP contribution in [0.2, 0.25) is 0 Å². The van der Waals surface area contributed by atoms with Gasteiger partial charge in [-0.25, -0.2) is 0 Å². The third-order valence-corrected chi connectivity index (χ3v) is 3.71. The maximum Gasteiger partial charge on any atom is 0.267 e. The highest BCUT2D eigenvalue weighted by Gasteiger charge is 2.09. The number of rotatable bonds is 7. The van der Waals surface area contributed by atoms with E-state index in [0.717, 1.165) is 11.4 Å². The van der Waals surface area contributed by atoms with Gasteiger partial charge in [-0.1, -0.05) is 24.3 Å². The van der Waals surface area contributed by atoms with Gasteiger partial charge in [0.05, 0.1) is 12.2 Å². The summed E-state index contributed by atoms with van der Waals surface area (Å²) in [7, 11) is 0. The van der Waals surface area contributed by atoms with E-state index in [9.17, 15) is 10.1 Å². The first kappa shape index (κ1) is 18.7. The number of ether oxygens (including phenoxy) is 1. The highest BCUT2D eigenvalue weighted by atomic mass is 16.5. The number of hydrogen-bond acceptors (Lipinski definition) is 5. The Balaban J connectivity index is 1.56. The fraction of sp³-hybridized carbons (Fsp3) is 0.0455. The smallest absolute Gasteiger partial charge is 0.267 e. The molecule has 0 atom stereocenters. The zero-order chi connectivity index (χ0) is 19.6. The zero-order valence-corrected chi connectivity index (χ0v) is 15.0. The molecule has 3 rings (SSSR count). The molecule has 1 heterocycles. The molecule has 0 aliphatic carbocycles. The Bertz CT molecular complexity index is 979. The molecular weight excluding hydrogens is 352 g/mol. The second-order valence-electron chi connectivity index (χ2n) is 5.77. The number of carbonyl (C=O) groups is 1. The lowest BCUT2D eigenvalue weighted by Gasteiger charge is -2.08. The lowest BCUT2D eigenvalue weighted by atomic mass is 10.2. The summed E-state index contributed by atoms with van der Waals surface area (Å²) < 4.78 is 5.71. The van der Waals surface area contributed by atoms with E-state index in [1.807, 2.05) is 54.6 Å². The number of pyridine rings is 1. The van der Waals surface area contributed by atoms with Crippen LogP contribution in [0.4, 0.5) is 5.69 Å². The number of nitrogens with zero attached hydrogens (tertiary/aromatic N) is 2. The molecule has 6 nitrogen and oxygen atoms in total. The van der Waals surface area contributed by atoms with Gasteiger partial charge in [0.1, 0.15) is 23.1 Å². The number of nitriles is 1. The van der Waals surface area contributed by atoms with Crippen LogP contribution in [0.3, 0.4) is 0 Å². The van der Waals surface area contributed by atoms with Gasteiger partial charge < -0.3 is 15.4 Å². The van der Waals surface area contributed by atoms with Gasteiger partial charge in [0.15, 0.2) is 0 Å². The Labute approximate surface area is 163 Å². The number of hydrogen-bond donors (Lipinski definition) is 2. The van der Waals surface area contributed by atoms with E-state index >= 15 is 0 Å². The number of amides is 1. The minimum atomic E-state index is -0.493. The summed E-state index contributed by atoms with van der Waals surface area (Å²) >= 11 is 0. The van der Waals surface area contributed by atoms with E-state index in [4.69, 9.17) is 4.74 Å². The lowest BCUT2D eigenvalue weighted by molar-refractivity contribution is -0.112. The second kappa shape index (κ2) is 9.55. The highest BCUT2D eigenvalue weighted by molar-refractivity contribution is 6.06. The summed E-state index contributed by atoms with van der Waals surface area (Å²) in [6.45, 7) is 0.421. The third-order valence-electron chi connectivity index (χ3n) is 3.71. The van der Waals surface area contributed by atoms with Crippen molar-refractivity contribution >= 4 is 11.6 Å². The molecule has 0 saturated carbocycles. The van der Waals surface area contributed by atoms with E-state index < -0.39 is 5.91 Å². The van der Waals surface area contributed by atoms with Gasteiger partial charge in [0, 0.05) is 18.1 Å². The molecule has 3 aromatic rings. The van der Waals surface area contributed by atoms with Gasteiger partial charge >= 0.3 is 0 Å². The predicted molar refractivity (Wildman–Crippen MR) is 106 cm³/mol. The van der Waals surface area contributed by atoms with E-state index in [1.54, 1.807) is 30.5 Å². The Morgan fingerprint density at radius 2 is 1.71 bits per heavy atom. The Kier molecular flexibility index (Phi) is 6.37. The van der Waals surface area contributed by atoms with Crippen molar-refractivity contribution in [2.45, 2.75) is 6.54 Å². The Morgan fingerprint density at radius 1 is 1.00 bits per heavy atom. The molecular formula is C22H18N4O2. The molecule has 0 aliphatic rings. The van der Waals surface area contributed by atoms with Crippen molar-refractivity contribution in [1.82, 2.24) is 10.3 Å². The summed E-state index contributed by atoms with van der Waals surface area (Å²) in [5.74, 6) is 0.887. The fourth-order valence-electron chi connectivity index (χ4n) is 2.34. The summed E-state index contributed by atoms with van der Waals surface area (Å²) in [5, 5.41) is 14.8. The summed E-state index contributed by atoms with van der Waals surface area (Å²) in [6, 6.07) is 23.8. The lowest BCUT2D eigenvalue weighted by Crippen LogP contribution is -2.16. The topological polar surface area (TPSA) is 87.0 Å². The van der Waals surface area contributed by atoms with Crippen LogP contribution in [0.15, 0.2) is 90.8 Å². The predicted octanol–water partition coefficient (Wildman–Crippen LogP) is 4.01. The average molecular weight is 370 g/mol. The van der Waals surface area contributed by atoms with E-state index in [-0.39, 0.29) is 5.57 Å². The maximum atomic E-state index is 12.3. The standard InChI is InChI=1S/C22H18N4O2/c23-14-17(15-24-16-19-6-4-5-13-25-19)22(27)26-18-9-11-21(12-10-18)28-20-7-2-1-3-8-20/h1-13,15,24H,16H2,(H,26,27)/b17-15-. The first-order valence-corrected chi connectivity index (χ1v) is 8.62. The molecule has 2 aromatic carbocycles. The molecule has 0 unspecified atom stereocenters. The number of anilines is 1. The van der Waals surface area contributed by atoms with Crippen LogP contribution in [0.25, 0.3) is 0 Å². The van der Waals surface area contributed by atoms with Crippen molar-refractivity contribution in [3.8, 4) is 17.6 Å². The molecule has 1 aromatic heterocycles. The highest BCUT2D eigenvalue weighted by Crippen LogP contribution is 2.22. The van der Waals surface area contributed by atoms with Gasteiger partial charge in [-0.3, -0.25) is 9.78 Å². The monoisotopic (exact) mass is 370 g/mol. The molecule has 28 heavy (non-hydrogen) atoms. The van der Waals surface area contributed by atoms with Gasteiger partial charge in [-0.15, -0.1) is 0 Å². The van der Waals surface area contributed by atoms with Gasteiger partial charge in [-0.05, 0) is 48.5 Å². The Hall–Kier alpha value is -4.11. The third kappa shape index (κ3) is 5.44. The van der Waals surface area contributed by atoms with Crippen LogP contribution < -0.4 is 15.4 Å². The second-order valence-corrected chi connectivity index (χ2v) is 5.77. The largest absolute Gasteiger partial charge is 0.457 e. The minimum absolute atomic E-state index is 0.0273. The molecule has 0 saturated heterocycles. The van der Waals surface area contributed by atoms with Crippen LogP contribution in [-0.2, 0) is 11.3 Å². The normalized spacial score (nSPS) is 10.6. The number of benzene rings is 2. The number of aromatic nitrogens is 1. The van der Waals surface area contributed by atoms with Crippen molar-refractivity contribution < 1.29 is 9.53 Å². The summed E-state index contributed by atoms with van der Waals surface area (Å²) in [5.41, 5.74) is 1.35. The van der Waals surface area contributed by atoms with E-state index in [2.05, 4.69) is 15.6 Å². The van der Waals surface area contributed by atoms with Crippen molar-refractivity contribution in [3.05, 3.63) is 96.5 Å². The SMILES string of the molecule is N#C/C(=C/NCc1ccccn1)C(=O)Nc1ccc(Oc2ccccc2)cc1. The summed E-state index contributed by atoms with van der Waals surface area (Å²) in [6.07, 6.45) is 3.07. The molecule has 0 fully saturated rings. The molecule has 2 N–H and O–H groups in total. The molecule has 0 spiro atoms. The van der Waals surface area contributed by atoms with Crippen LogP contribution in [0.5, 0.6) is 11.5 Å². The first-order valence-electron chi connectivity index (χ1n) is 8.62. The Morgan fingerprint density at radius 3 is 2.39 bits per heavy atom. The molecule has 138 valence electrons. The van der Waals surface area contributed by atoms with Crippen LogP contribution >= 0.6 is 0 Å². The number of para-hydroxylation sites is 1. The molecule has 0 bridgehead atoms. The number of nitrogens with one attached hydrogen (secondary N) is 2. The van der Waals surface area contributed by atoms with Crippen molar-refractivity contribution in [1.29, 1.82) is 5.26 Å². The van der Waals surface area contributed by atoms with Gasteiger partial charge in [0.2, 0.25) is 0 Å². The first-order chi connectivity index (χ1) is 13.7. The van der Waals surface area contributed by atoms with Crippen molar-refractivity contribution in [2.75, 3.05) is 5.32 Å². The van der Waals surface area contributed by atoms with Crippen LogP contribution in [0, 0.1) is 11.3 Å². The molecule has 0 radical (unpaired) electrons. The quantitative estimate of drug-likeness (QED) is 0.485. The zero-order valence-electron chi connectivity index (χ0n) is 15.0. The minimum Gasteiger partial charge on any atom is -0.457 e.